The van der Waals surface area contributed by atoms with Crippen LogP contribution in [-0.2, 0) is 13.2 Å². The zero-order valence-corrected chi connectivity index (χ0v) is 12.3. The molecule has 2 rings (SSSR count). The van der Waals surface area contributed by atoms with Crippen molar-refractivity contribution in [1.82, 2.24) is 0 Å². The smallest absolute Gasteiger partial charge is 0.274 e. The Morgan fingerprint density at radius 2 is 2.00 bits per heavy atom. The maximum Gasteiger partial charge on any atom is 0.274 e. The number of hydrogen-bond acceptors (Lipinski definition) is 5. The van der Waals surface area contributed by atoms with Crippen molar-refractivity contribution in [3.63, 3.8) is 0 Å². The fraction of sp³-hybridized carbons (Fsp3) is 0.250. The summed E-state index contributed by atoms with van der Waals surface area (Å²) in [5.74, 6) is 0.640. The number of nitro benzene ring substituents is 1. The number of ether oxygens (including phenoxy) is 1. The first-order valence-corrected chi connectivity index (χ1v) is 6.98. The number of nitro groups is 1. The third-order valence-electron chi connectivity index (χ3n) is 3.20. The lowest BCUT2D eigenvalue weighted by molar-refractivity contribution is -0.385. The number of aliphatic hydroxyl groups excluding tert-OH is 1. The lowest BCUT2D eigenvalue weighted by Gasteiger charge is -2.12. The quantitative estimate of drug-likeness (QED) is 0.606. The van der Waals surface area contributed by atoms with Crippen molar-refractivity contribution < 1.29 is 14.8 Å². The molecule has 0 saturated heterocycles. The van der Waals surface area contributed by atoms with Gasteiger partial charge >= 0.3 is 0 Å². The van der Waals surface area contributed by atoms with Crippen LogP contribution >= 0.6 is 0 Å². The molecular formula is C16H18N2O4. The van der Waals surface area contributed by atoms with E-state index in [4.69, 9.17) is 4.74 Å². The molecule has 2 aromatic carbocycles. The van der Waals surface area contributed by atoms with E-state index in [2.05, 4.69) is 5.32 Å². The van der Waals surface area contributed by atoms with E-state index in [9.17, 15) is 15.2 Å². The zero-order valence-electron chi connectivity index (χ0n) is 12.3. The summed E-state index contributed by atoms with van der Waals surface area (Å²) in [6, 6.07) is 12.0. The Kier molecular flexibility index (Phi) is 5.32. The summed E-state index contributed by atoms with van der Waals surface area (Å²) in [7, 11) is 0. The van der Waals surface area contributed by atoms with Gasteiger partial charge in [0.15, 0.2) is 0 Å². The van der Waals surface area contributed by atoms with Gasteiger partial charge in [-0.1, -0.05) is 18.2 Å². The van der Waals surface area contributed by atoms with Crippen molar-refractivity contribution in [3.8, 4) is 5.75 Å². The fourth-order valence-electron chi connectivity index (χ4n) is 2.14. The molecule has 0 saturated carbocycles. The first-order chi connectivity index (χ1) is 10.7. The molecule has 0 atom stereocenters. The third kappa shape index (κ3) is 3.73. The number of benzene rings is 2. The van der Waals surface area contributed by atoms with Crippen LogP contribution in [0.2, 0.25) is 0 Å². The minimum Gasteiger partial charge on any atom is -0.494 e. The van der Waals surface area contributed by atoms with Crippen molar-refractivity contribution in [2.75, 3.05) is 11.9 Å². The van der Waals surface area contributed by atoms with Crippen LogP contribution in [0.25, 0.3) is 0 Å². The molecule has 0 amide bonds. The van der Waals surface area contributed by atoms with Crippen LogP contribution in [0.15, 0.2) is 42.5 Å². The highest BCUT2D eigenvalue weighted by molar-refractivity contribution is 5.52. The van der Waals surface area contributed by atoms with E-state index < -0.39 is 4.92 Å². The predicted molar refractivity (Wildman–Crippen MR) is 84.0 cm³/mol. The van der Waals surface area contributed by atoms with Crippen molar-refractivity contribution >= 4 is 11.4 Å². The minimum atomic E-state index is -0.394. The van der Waals surface area contributed by atoms with Crippen molar-refractivity contribution in [2.45, 2.75) is 20.1 Å². The Balaban J connectivity index is 2.13. The van der Waals surface area contributed by atoms with Crippen LogP contribution < -0.4 is 10.1 Å². The molecule has 0 aliphatic heterocycles. The van der Waals surface area contributed by atoms with Crippen molar-refractivity contribution in [3.05, 3.63) is 63.7 Å². The molecule has 0 aromatic heterocycles. The molecule has 0 radical (unpaired) electrons. The molecule has 0 spiro atoms. The van der Waals surface area contributed by atoms with Crippen molar-refractivity contribution in [2.24, 2.45) is 0 Å². The van der Waals surface area contributed by atoms with E-state index in [1.807, 2.05) is 13.0 Å². The molecule has 0 aliphatic rings. The predicted octanol–water partition coefficient (Wildman–Crippen LogP) is 3.10. The summed E-state index contributed by atoms with van der Waals surface area (Å²) in [4.78, 5) is 10.6. The molecular weight excluding hydrogens is 284 g/mol. The van der Waals surface area contributed by atoms with E-state index in [1.165, 1.54) is 6.07 Å². The Hall–Kier alpha value is -2.60. The second-order valence-corrected chi connectivity index (χ2v) is 4.65. The molecule has 116 valence electrons. The zero-order chi connectivity index (χ0) is 15.9. The monoisotopic (exact) mass is 302 g/mol. The summed E-state index contributed by atoms with van der Waals surface area (Å²) in [6.07, 6.45) is 0. The van der Waals surface area contributed by atoms with E-state index >= 15 is 0 Å². The highest BCUT2D eigenvalue weighted by Crippen LogP contribution is 2.24. The van der Waals surface area contributed by atoms with Crippen LogP contribution in [0.4, 0.5) is 11.4 Å². The lowest BCUT2D eigenvalue weighted by atomic mass is 10.1. The fourth-order valence-corrected chi connectivity index (χ4v) is 2.14. The van der Waals surface area contributed by atoms with Gasteiger partial charge in [-0.15, -0.1) is 0 Å². The van der Waals surface area contributed by atoms with Crippen LogP contribution in [0.3, 0.4) is 0 Å². The van der Waals surface area contributed by atoms with Gasteiger partial charge in [0, 0.05) is 29.4 Å². The van der Waals surface area contributed by atoms with E-state index in [0.717, 1.165) is 5.69 Å². The first-order valence-electron chi connectivity index (χ1n) is 6.98. The highest BCUT2D eigenvalue weighted by atomic mass is 16.6. The van der Waals surface area contributed by atoms with Crippen LogP contribution in [0.5, 0.6) is 5.75 Å². The molecule has 0 unspecified atom stereocenters. The summed E-state index contributed by atoms with van der Waals surface area (Å²) < 4.78 is 5.42. The van der Waals surface area contributed by atoms with Gasteiger partial charge in [0.05, 0.1) is 18.1 Å². The molecule has 6 heteroatoms. The van der Waals surface area contributed by atoms with Crippen LogP contribution in [0, 0.1) is 10.1 Å². The molecule has 0 bridgehead atoms. The third-order valence-corrected chi connectivity index (χ3v) is 3.20. The normalized spacial score (nSPS) is 10.3. The molecule has 0 fully saturated rings. The molecule has 2 aromatic rings. The Morgan fingerprint density at radius 3 is 2.68 bits per heavy atom. The van der Waals surface area contributed by atoms with Gasteiger partial charge < -0.3 is 15.2 Å². The number of nitrogens with zero attached hydrogens (tertiary/aromatic N) is 1. The topological polar surface area (TPSA) is 84.6 Å². The molecule has 0 aliphatic carbocycles. The SMILES string of the molecule is CCOc1ccc(NCc2ccccc2[N+](=O)[O-])cc1CO. The first kappa shape index (κ1) is 15.8. The summed E-state index contributed by atoms with van der Waals surface area (Å²) in [6.45, 7) is 2.60. The maximum absolute atomic E-state index is 11.0. The van der Waals surface area contributed by atoms with Gasteiger partial charge in [0.1, 0.15) is 5.75 Å². The van der Waals surface area contributed by atoms with Gasteiger partial charge in [-0.2, -0.15) is 0 Å². The molecule has 2 N–H and O–H groups in total. The minimum absolute atomic E-state index is 0.0864. The number of hydrogen-bond donors (Lipinski definition) is 2. The molecule has 6 nitrogen and oxygen atoms in total. The second-order valence-electron chi connectivity index (χ2n) is 4.65. The number of anilines is 1. The number of para-hydroxylation sites is 1. The standard InChI is InChI=1S/C16H18N2O4/c1-2-22-16-8-7-14(9-13(16)11-19)17-10-12-5-3-4-6-15(12)18(20)21/h3-9,17,19H,2,10-11H2,1H3. The summed E-state index contributed by atoms with van der Waals surface area (Å²) >= 11 is 0. The Labute approximate surface area is 128 Å². The maximum atomic E-state index is 11.0. The highest BCUT2D eigenvalue weighted by Gasteiger charge is 2.12. The number of aliphatic hydroxyl groups is 1. The number of rotatable bonds is 7. The van der Waals surface area contributed by atoms with Gasteiger partial charge in [0.2, 0.25) is 0 Å². The number of nitrogens with one attached hydrogen (secondary N) is 1. The van der Waals surface area contributed by atoms with E-state index in [1.54, 1.807) is 30.3 Å². The van der Waals surface area contributed by atoms with E-state index in [-0.39, 0.29) is 12.3 Å². The average molecular weight is 302 g/mol. The average Bonchev–Trinajstić information content (AvgIpc) is 2.54. The second kappa shape index (κ2) is 7.42. The van der Waals surface area contributed by atoms with Crippen LogP contribution in [0.1, 0.15) is 18.1 Å². The van der Waals surface area contributed by atoms with E-state index in [0.29, 0.717) is 30.0 Å². The van der Waals surface area contributed by atoms with Gasteiger partial charge in [-0.05, 0) is 25.1 Å². The largest absolute Gasteiger partial charge is 0.494 e. The molecule has 22 heavy (non-hydrogen) atoms. The summed E-state index contributed by atoms with van der Waals surface area (Å²) in [5, 5.41) is 23.5. The Bertz CT molecular complexity index is 658. The van der Waals surface area contributed by atoms with Gasteiger partial charge in [0.25, 0.3) is 5.69 Å². The molecule has 0 heterocycles. The summed E-state index contributed by atoms with van der Waals surface area (Å²) in [5.41, 5.74) is 2.13. The Morgan fingerprint density at radius 1 is 1.23 bits per heavy atom. The van der Waals surface area contributed by atoms with Crippen molar-refractivity contribution in [1.29, 1.82) is 0 Å². The van der Waals surface area contributed by atoms with Crippen LogP contribution in [-0.4, -0.2) is 16.6 Å². The van der Waals surface area contributed by atoms with Gasteiger partial charge in [-0.25, -0.2) is 0 Å². The van der Waals surface area contributed by atoms with Gasteiger partial charge in [-0.3, -0.25) is 10.1 Å². The lowest BCUT2D eigenvalue weighted by Crippen LogP contribution is -2.04.